The quantitative estimate of drug-likeness (QED) is 0.561. The van der Waals surface area contributed by atoms with Gasteiger partial charge in [0.1, 0.15) is 21.5 Å². The summed E-state index contributed by atoms with van der Waals surface area (Å²) >= 11 is 0. The van der Waals surface area contributed by atoms with Crippen LogP contribution < -0.4 is 5.46 Å². The van der Waals surface area contributed by atoms with Crippen LogP contribution in [0.2, 0.25) is 5.82 Å². The van der Waals surface area contributed by atoms with Gasteiger partial charge in [-0.15, -0.1) is 0 Å². The highest BCUT2D eigenvalue weighted by molar-refractivity contribution is 6.33. The Morgan fingerprint density at radius 2 is 1.62 bits per heavy atom. The molecule has 0 nitrogen and oxygen atoms in total. The average Bonchev–Trinajstić information content (AvgIpc) is 2.60. The van der Waals surface area contributed by atoms with Gasteiger partial charge in [0.25, 0.3) is 0 Å². The molecule has 2 aromatic rings. The van der Waals surface area contributed by atoms with Crippen LogP contribution in [0, 0.1) is 24.6 Å². The van der Waals surface area contributed by atoms with Gasteiger partial charge in [-0.1, -0.05) is 54.2 Å². The molecule has 0 aliphatic heterocycles. The molecule has 1 aliphatic carbocycles. The van der Waals surface area contributed by atoms with Gasteiger partial charge >= 0.3 is 0 Å². The van der Waals surface area contributed by atoms with Crippen LogP contribution in [-0.2, 0) is 0 Å². The van der Waals surface area contributed by atoms with Crippen LogP contribution in [0.3, 0.4) is 0 Å². The molecule has 3 rings (SSSR count). The molecule has 24 heavy (non-hydrogen) atoms. The number of hydrogen-bond donors (Lipinski definition) is 0. The van der Waals surface area contributed by atoms with E-state index in [1.807, 2.05) is 13.9 Å². The highest BCUT2D eigenvalue weighted by atomic mass is 19.1. The van der Waals surface area contributed by atoms with Crippen LogP contribution in [0.25, 0.3) is 0 Å². The van der Waals surface area contributed by atoms with Gasteiger partial charge < -0.3 is 0 Å². The first-order valence-electron chi connectivity index (χ1n) is 8.92. The smallest absolute Gasteiger partial charge is 0.141 e. The van der Waals surface area contributed by atoms with Crippen molar-refractivity contribution < 1.29 is 4.39 Å². The van der Waals surface area contributed by atoms with Crippen LogP contribution in [0.15, 0.2) is 36.4 Å². The Morgan fingerprint density at radius 3 is 2.29 bits per heavy atom. The van der Waals surface area contributed by atoms with Crippen molar-refractivity contribution in [1.82, 2.24) is 0 Å². The third-order valence-electron chi connectivity index (χ3n) is 5.40. The molecular formula is C21H23B2F. The first-order chi connectivity index (χ1) is 11.5. The van der Waals surface area contributed by atoms with E-state index in [2.05, 4.69) is 44.0 Å². The average molecular weight is 316 g/mol. The molecule has 0 heterocycles. The second-order valence-corrected chi connectivity index (χ2v) is 7.20. The first kappa shape index (κ1) is 16.9. The normalized spacial score (nSPS) is 20.2. The molecule has 0 unspecified atom stereocenters. The zero-order valence-electron chi connectivity index (χ0n) is 14.8. The van der Waals surface area contributed by atoms with E-state index in [1.54, 1.807) is 13.0 Å². The van der Waals surface area contributed by atoms with E-state index in [0.29, 0.717) is 17.0 Å². The molecule has 1 aliphatic rings. The molecule has 0 amide bonds. The van der Waals surface area contributed by atoms with Crippen molar-refractivity contribution in [2.75, 3.05) is 0 Å². The minimum atomic E-state index is -0.199. The molecule has 1 saturated carbocycles. The lowest BCUT2D eigenvalue weighted by Gasteiger charge is -2.26. The summed E-state index contributed by atoms with van der Waals surface area (Å²) in [5, 5.41) is 0. The Bertz CT molecular complexity index is 776. The Morgan fingerprint density at radius 1 is 0.958 bits per heavy atom. The molecule has 0 N–H and O–H groups in total. The molecule has 0 radical (unpaired) electrons. The van der Waals surface area contributed by atoms with E-state index < -0.39 is 0 Å². The standard InChI is InChI=1S/C21H23B2F/c1-14-20(23)13-10-18(21(14)24)7-4-15-2-5-16(6-3-15)17-8-11-19(22)12-9-17/h2-3,5-6,10,13,17,19H,8-9,11-12,22-23H2,1H3. The fraction of sp³-hybridized carbons (Fsp3) is 0.333. The van der Waals surface area contributed by atoms with Gasteiger partial charge in [0, 0.05) is 5.56 Å². The van der Waals surface area contributed by atoms with Crippen LogP contribution in [0.5, 0.6) is 0 Å². The predicted molar refractivity (Wildman–Crippen MR) is 105 cm³/mol. The Balaban J connectivity index is 1.75. The highest BCUT2D eigenvalue weighted by Crippen LogP contribution is 2.36. The summed E-state index contributed by atoms with van der Waals surface area (Å²) in [5.41, 5.74) is 4.49. The topological polar surface area (TPSA) is 0 Å². The van der Waals surface area contributed by atoms with Gasteiger partial charge in [-0.2, -0.15) is 0 Å². The van der Waals surface area contributed by atoms with E-state index in [1.165, 1.54) is 31.2 Å². The zero-order chi connectivity index (χ0) is 17.1. The van der Waals surface area contributed by atoms with Gasteiger partial charge in [-0.3, -0.25) is 0 Å². The fourth-order valence-corrected chi connectivity index (χ4v) is 3.45. The minimum Gasteiger partial charge on any atom is -0.205 e. The summed E-state index contributed by atoms with van der Waals surface area (Å²) in [6, 6.07) is 12.2. The minimum absolute atomic E-state index is 0.199. The van der Waals surface area contributed by atoms with E-state index >= 15 is 0 Å². The van der Waals surface area contributed by atoms with E-state index in [0.717, 1.165) is 16.8 Å². The van der Waals surface area contributed by atoms with Gasteiger partial charge in [0.05, 0.1) is 5.56 Å². The lowest BCUT2D eigenvalue weighted by atomic mass is 9.70. The SMILES string of the molecule is Bc1ccc(C#Cc2ccc(C3CCC(B)CC3)cc2)c(F)c1C. The van der Waals surface area contributed by atoms with Crippen molar-refractivity contribution in [1.29, 1.82) is 0 Å². The maximum atomic E-state index is 14.2. The number of rotatable bonds is 1. The summed E-state index contributed by atoms with van der Waals surface area (Å²) < 4.78 is 14.2. The molecule has 0 atom stereocenters. The van der Waals surface area contributed by atoms with E-state index in [9.17, 15) is 4.39 Å². The van der Waals surface area contributed by atoms with Crippen LogP contribution >= 0.6 is 0 Å². The maximum absolute atomic E-state index is 14.2. The van der Waals surface area contributed by atoms with E-state index in [-0.39, 0.29) is 5.82 Å². The lowest BCUT2D eigenvalue weighted by molar-refractivity contribution is 0.444. The van der Waals surface area contributed by atoms with Gasteiger partial charge in [0.15, 0.2) is 0 Å². The van der Waals surface area contributed by atoms with Crippen molar-refractivity contribution in [3.05, 3.63) is 64.5 Å². The zero-order valence-corrected chi connectivity index (χ0v) is 14.8. The molecule has 3 heteroatoms. The molecule has 0 bridgehead atoms. The van der Waals surface area contributed by atoms with Crippen molar-refractivity contribution in [2.24, 2.45) is 0 Å². The third-order valence-corrected chi connectivity index (χ3v) is 5.40. The molecular weight excluding hydrogens is 293 g/mol. The third kappa shape index (κ3) is 3.75. The summed E-state index contributed by atoms with van der Waals surface area (Å²) in [4.78, 5) is 0. The van der Waals surface area contributed by atoms with Gasteiger partial charge in [0.2, 0.25) is 0 Å². The van der Waals surface area contributed by atoms with Crippen LogP contribution in [0.1, 0.15) is 53.9 Å². The molecule has 1 fully saturated rings. The second-order valence-electron chi connectivity index (χ2n) is 7.20. The number of benzene rings is 2. The summed E-state index contributed by atoms with van der Waals surface area (Å²) in [6.45, 7) is 1.80. The largest absolute Gasteiger partial charge is 0.205 e. The lowest BCUT2D eigenvalue weighted by Crippen LogP contribution is -2.10. The molecule has 0 spiro atoms. The number of halogens is 1. The predicted octanol–water partition coefficient (Wildman–Crippen LogP) is 2.87. The Kier molecular flexibility index (Phi) is 5.14. The van der Waals surface area contributed by atoms with Crippen LogP contribution in [0.4, 0.5) is 4.39 Å². The molecule has 0 aromatic heterocycles. The van der Waals surface area contributed by atoms with Crippen molar-refractivity contribution >= 4 is 21.2 Å². The summed E-state index contributed by atoms with van der Waals surface area (Å²) in [5.74, 6) is 7.44. The summed E-state index contributed by atoms with van der Waals surface area (Å²) in [7, 11) is 4.27. The molecule has 120 valence electrons. The monoisotopic (exact) mass is 316 g/mol. The molecule has 0 saturated heterocycles. The van der Waals surface area contributed by atoms with E-state index in [4.69, 9.17) is 0 Å². The first-order valence-corrected chi connectivity index (χ1v) is 8.92. The highest BCUT2D eigenvalue weighted by Gasteiger charge is 2.19. The van der Waals surface area contributed by atoms with Crippen molar-refractivity contribution in [2.45, 2.75) is 44.3 Å². The van der Waals surface area contributed by atoms with Gasteiger partial charge in [-0.05, 0) is 55.0 Å². The second kappa shape index (κ2) is 7.31. The fourth-order valence-electron chi connectivity index (χ4n) is 3.45. The van der Waals surface area contributed by atoms with Crippen LogP contribution in [-0.4, -0.2) is 15.7 Å². The van der Waals surface area contributed by atoms with Gasteiger partial charge in [-0.25, -0.2) is 4.39 Å². The van der Waals surface area contributed by atoms with Crippen molar-refractivity contribution in [3.8, 4) is 11.8 Å². The number of hydrogen-bond acceptors (Lipinski definition) is 0. The molecule has 2 aromatic carbocycles. The Hall–Kier alpha value is -1.94. The Labute approximate surface area is 146 Å². The summed E-state index contributed by atoms with van der Waals surface area (Å²) in [6.07, 6.45) is 5.25. The van der Waals surface area contributed by atoms with Crippen molar-refractivity contribution in [3.63, 3.8) is 0 Å². The maximum Gasteiger partial charge on any atom is 0.141 e.